The fourth-order valence-corrected chi connectivity index (χ4v) is 5.01. The lowest BCUT2D eigenvalue weighted by atomic mass is 9.95. The van der Waals surface area contributed by atoms with Crippen LogP contribution in [-0.4, -0.2) is 13.9 Å². The summed E-state index contributed by atoms with van der Waals surface area (Å²) in [5.74, 6) is 3.18. The van der Waals surface area contributed by atoms with E-state index in [4.69, 9.17) is 18.9 Å². The Labute approximate surface area is 209 Å². The number of hydrogen-bond acceptors (Lipinski definition) is 4. The molecule has 0 bridgehead atoms. The van der Waals surface area contributed by atoms with Crippen molar-refractivity contribution in [2.45, 2.75) is 33.4 Å². The maximum absolute atomic E-state index is 6.38. The van der Waals surface area contributed by atoms with Crippen LogP contribution in [-0.2, 0) is 19.6 Å². The minimum Gasteiger partial charge on any atom is -1.00 e. The van der Waals surface area contributed by atoms with Crippen LogP contribution < -0.4 is 40.5 Å². The van der Waals surface area contributed by atoms with Crippen molar-refractivity contribution < 1.29 is 40.5 Å². The van der Waals surface area contributed by atoms with Crippen LogP contribution in [0.1, 0.15) is 22.3 Å². The van der Waals surface area contributed by atoms with Crippen LogP contribution in [0.3, 0.4) is 0 Å². The maximum Gasteiger partial charge on any atom is 0.231 e. The molecule has 174 valence electrons. The second-order valence-corrected chi connectivity index (χ2v) is 8.85. The van der Waals surface area contributed by atoms with Crippen molar-refractivity contribution in [3.05, 3.63) is 77.0 Å². The number of hydrogen-bond donors (Lipinski definition) is 0. The number of aromatic nitrogens is 1. The SMILES string of the molecule is COc1ccc2cc3[n+](cc2c1OCc1cc(C)cc(C)c1)CCc1cc2c(cc1-3)OCO2.[Br-]. The Morgan fingerprint density at radius 1 is 0.941 bits per heavy atom. The number of benzene rings is 3. The molecule has 0 amide bonds. The van der Waals surface area contributed by atoms with Gasteiger partial charge in [-0.15, -0.1) is 0 Å². The van der Waals surface area contributed by atoms with Gasteiger partial charge in [-0.1, -0.05) is 29.3 Å². The molecule has 0 spiro atoms. The van der Waals surface area contributed by atoms with Crippen molar-refractivity contribution in [3.8, 4) is 34.3 Å². The quantitative estimate of drug-likeness (QED) is 0.388. The molecule has 0 saturated heterocycles. The van der Waals surface area contributed by atoms with Crippen LogP contribution in [0.5, 0.6) is 23.0 Å². The predicted molar refractivity (Wildman–Crippen MR) is 126 cm³/mol. The molecule has 2 aliphatic heterocycles. The van der Waals surface area contributed by atoms with Gasteiger partial charge >= 0.3 is 0 Å². The van der Waals surface area contributed by atoms with Gasteiger partial charge in [0.1, 0.15) is 6.61 Å². The van der Waals surface area contributed by atoms with Crippen LogP contribution in [0.4, 0.5) is 0 Å². The van der Waals surface area contributed by atoms with Crippen LogP contribution in [0.2, 0.25) is 0 Å². The van der Waals surface area contributed by atoms with E-state index in [0.29, 0.717) is 6.61 Å². The topological polar surface area (TPSA) is 40.8 Å². The van der Waals surface area contributed by atoms with E-state index in [0.717, 1.165) is 52.3 Å². The highest BCUT2D eigenvalue weighted by Crippen LogP contribution is 2.41. The van der Waals surface area contributed by atoms with Gasteiger partial charge in [0.25, 0.3) is 0 Å². The highest BCUT2D eigenvalue weighted by atomic mass is 79.9. The van der Waals surface area contributed by atoms with Crippen LogP contribution >= 0.6 is 0 Å². The standard InChI is InChI=1S/C28H26NO4.BrH/c1-17-8-18(2)10-19(9-17)15-31-28-23-14-29-7-6-21-12-26-27(33-16-32-26)13-22(21)24(29)11-20(23)4-5-25(28)30-3;/h4-5,8-14H,6-7,15-16H2,1-3H3;1H/q+1;/p-1. The lowest BCUT2D eigenvalue weighted by Gasteiger charge is -2.18. The molecule has 4 aromatic rings. The third-order valence-corrected chi connectivity index (χ3v) is 6.46. The third kappa shape index (κ3) is 3.86. The molecule has 0 saturated carbocycles. The van der Waals surface area contributed by atoms with E-state index in [2.05, 4.69) is 67.1 Å². The molecular weight excluding hydrogens is 494 g/mol. The summed E-state index contributed by atoms with van der Waals surface area (Å²) in [7, 11) is 1.69. The Morgan fingerprint density at radius 3 is 2.47 bits per heavy atom. The zero-order valence-electron chi connectivity index (χ0n) is 19.5. The van der Waals surface area contributed by atoms with Gasteiger partial charge in [0, 0.05) is 12.5 Å². The first kappa shape index (κ1) is 22.5. The fraction of sp³-hybridized carbons (Fsp3) is 0.250. The van der Waals surface area contributed by atoms with Gasteiger partial charge in [0.15, 0.2) is 35.7 Å². The van der Waals surface area contributed by atoms with Gasteiger partial charge in [-0.2, -0.15) is 4.57 Å². The number of fused-ring (bicyclic) bond motifs is 5. The minimum absolute atomic E-state index is 0. The molecule has 34 heavy (non-hydrogen) atoms. The molecule has 0 radical (unpaired) electrons. The minimum atomic E-state index is 0. The second kappa shape index (κ2) is 8.84. The molecule has 0 atom stereocenters. The van der Waals surface area contributed by atoms with Gasteiger partial charge < -0.3 is 35.9 Å². The molecule has 3 heterocycles. The number of nitrogens with zero attached hydrogens (tertiary/aromatic N) is 1. The molecule has 6 heteroatoms. The summed E-state index contributed by atoms with van der Waals surface area (Å²) in [4.78, 5) is 0. The van der Waals surface area contributed by atoms with Crippen LogP contribution in [0.25, 0.3) is 22.0 Å². The summed E-state index contributed by atoms with van der Waals surface area (Å²) < 4.78 is 25.6. The zero-order chi connectivity index (χ0) is 22.5. The van der Waals surface area contributed by atoms with E-state index in [9.17, 15) is 0 Å². The lowest BCUT2D eigenvalue weighted by molar-refractivity contribution is -0.686. The first-order valence-electron chi connectivity index (χ1n) is 11.3. The third-order valence-electron chi connectivity index (χ3n) is 6.46. The van der Waals surface area contributed by atoms with Gasteiger partial charge in [-0.3, -0.25) is 0 Å². The van der Waals surface area contributed by atoms with Gasteiger partial charge in [-0.05, 0) is 54.6 Å². The highest BCUT2D eigenvalue weighted by molar-refractivity contribution is 5.91. The van der Waals surface area contributed by atoms with E-state index in [-0.39, 0.29) is 23.8 Å². The summed E-state index contributed by atoms with van der Waals surface area (Å²) in [5.41, 5.74) is 7.29. The monoisotopic (exact) mass is 519 g/mol. The fourth-order valence-electron chi connectivity index (χ4n) is 5.01. The Bertz CT molecular complexity index is 1400. The number of ether oxygens (including phenoxy) is 4. The van der Waals surface area contributed by atoms with Crippen molar-refractivity contribution in [2.24, 2.45) is 0 Å². The Hall–Kier alpha value is -3.25. The number of halogens is 1. The molecular formula is C28H26BrNO4. The smallest absolute Gasteiger partial charge is 0.231 e. The number of methoxy groups -OCH3 is 1. The summed E-state index contributed by atoms with van der Waals surface area (Å²) in [6.07, 6.45) is 3.13. The summed E-state index contributed by atoms with van der Waals surface area (Å²) in [6.45, 7) is 5.90. The van der Waals surface area contributed by atoms with Crippen molar-refractivity contribution in [1.29, 1.82) is 0 Å². The molecule has 0 N–H and O–H groups in total. The molecule has 6 rings (SSSR count). The molecule has 5 nitrogen and oxygen atoms in total. The first-order chi connectivity index (χ1) is 16.1. The maximum atomic E-state index is 6.38. The van der Waals surface area contributed by atoms with Crippen molar-refractivity contribution >= 4 is 10.8 Å². The number of rotatable bonds is 4. The lowest BCUT2D eigenvalue weighted by Crippen LogP contribution is -3.00. The van der Waals surface area contributed by atoms with Gasteiger partial charge in [-0.25, -0.2) is 0 Å². The first-order valence-corrected chi connectivity index (χ1v) is 11.3. The molecule has 2 aliphatic rings. The van der Waals surface area contributed by atoms with Crippen molar-refractivity contribution in [1.82, 2.24) is 0 Å². The summed E-state index contributed by atoms with van der Waals surface area (Å²) >= 11 is 0. The predicted octanol–water partition coefficient (Wildman–Crippen LogP) is 2.29. The van der Waals surface area contributed by atoms with Gasteiger partial charge in [0.2, 0.25) is 12.5 Å². The average molecular weight is 520 g/mol. The van der Waals surface area contributed by atoms with Crippen LogP contribution in [0.15, 0.2) is 54.7 Å². The number of pyridine rings is 1. The summed E-state index contributed by atoms with van der Waals surface area (Å²) in [6, 6.07) is 17.1. The second-order valence-electron chi connectivity index (χ2n) is 8.85. The van der Waals surface area contributed by atoms with E-state index < -0.39 is 0 Å². The molecule has 0 aliphatic carbocycles. The highest BCUT2D eigenvalue weighted by Gasteiger charge is 2.28. The summed E-state index contributed by atoms with van der Waals surface area (Å²) in [5, 5.41) is 2.16. The molecule has 0 unspecified atom stereocenters. The average Bonchev–Trinajstić information content (AvgIpc) is 3.26. The molecule has 3 aromatic carbocycles. The largest absolute Gasteiger partial charge is 1.00 e. The zero-order valence-corrected chi connectivity index (χ0v) is 21.1. The van der Waals surface area contributed by atoms with Crippen molar-refractivity contribution in [3.63, 3.8) is 0 Å². The van der Waals surface area contributed by atoms with Gasteiger partial charge in [0.05, 0.1) is 18.1 Å². The Kier molecular flexibility index (Phi) is 5.86. The Balaban J connectivity index is 0.00000241. The van der Waals surface area contributed by atoms with E-state index in [1.54, 1.807) is 7.11 Å². The van der Waals surface area contributed by atoms with Crippen molar-refractivity contribution in [2.75, 3.05) is 13.9 Å². The molecule has 1 aromatic heterocycles. The van der Waals surface area contributed by atoms with E-state index >= 15 is 0 Å². The molecule has 0 fully saturated rings. The van der Waals surface area contributed by atoms with E-state index in [1.165, 1.54) is 27.9 Å². The normalized spacial score (nSPS) is 13.1. The van der Waals surface area contributed by atoms with Crippen LogP contribution in [0, 0.1) is 13.8 Å². The number of aryl methyl sites for hydroxylation is 4. The Morgan fingerprint density at radius 2 is 1.71 bits per heavy atom. The van der Waals surface area contributed by atoms with E-state index in [1.807, 2.05) is 6.07 Å².